The Hall–Kier alpha value is -1.49. The van der Waals surface area contributed by atoms with Gasteiger partial charge in [0.2, 0.25) is 10.0 Å². The van der Waals surface area contributed by atoms with Crippen LogP contribution in [-0.4, -0.2) is 94.2 Å². The largest absolute Gasteiger partial charge is 0.334 e. The van der Waals surface area contributed by atoms with Gasteiger partial charge in [-0.2, -0.15) is 4.31 Å². The standard InChI is InChI=1S/C20H31N3O5S2/c1-16(2)14-23(18-7-12-29(25,26)15-18)20(24)17-5-4-6-19(13-17)30(27,28)22-10-8-21(3)9-11-22/h4-6,13,16,18H,7-12,14-15H2,1-3H3/t18-/m0/s1. The molecule has 8 nitrogen and oxygen atoms in total. The maximum atomic E-state index is 13.3. The van der Waals surface area contributed by atoms with E-state index in [0.717, 1.165) is 0 Å². The van der Waals surface area contributed by atoms with Crippen molar-refractivity contribution < 1.29 is 21.6 Å². The first-order valence-electron chi connectivity index (χ1n) is 10.3. The van der Waals surface area contributed by atoms with E-state index in [2.05, 4.69) is 4.90 Å². The van der Waals surface area contributed by atoms with Gasteiger partial charge >= 0.3 is 0 Å². The third-order valence-electron chi connectivity index (χ3n) is 5.65. The van der Waals surface area contributed by atoms with Crippen molar-refractivity contribution in [2.45, 2.75) is 31.2 Å². The van der Waals surface area contributed by atoms with Crippen molar-refractivity contribution in [3.8, 4) is 0 Å². The van der Waals surface area contributed by atoms with Gasteiger partial charge in [0, 0.05) is 44.3 Å². The third-order valence-corrected chi connectivity index (χ3v) is 9.30. The molecule has 2 saturated heterocycles. The summed E-state index contributed by atoms with van der Waals surface area (Å²) < 4.78 is 51.5. The predicted molar refractivity (Wildman–Crippen MR) is 116 cm³/mol. The van der Waals surface area contributed by atoms with Crippen molar-refractivity contribution >= 4 is 25.8 Å². The Kier molecular flexibility index (Phi) is 6.91. The zero-order valence-electron chi connectivity index (χ0n) is 17.8. The molecule has 0 N–H and O–H groups in total. The first-order valence-corrected chi connectivity index (χ1v) is 13.6. The maximum absolute atomic E-state index is 13.3. The summed E-state index contributed by atoms with van der Waals surface area (Å²) in [6.45, 7) is 6.52. The molecule has 30 heavy (non-hydrogen) atoms. The van der Waals surface area contributed by atoms with E-state index in [0.29, 0.717) is 39.1 Å². The number of carbonyl (C=O) groups is 1. The Morgan fingerprint density at radius 2 is 1.87 bits per heavy atom. The smallest absolute Gasteiger partial charge is 0.254 e. The molecule has 2 fully saturated rings. The molecule has 168 valence electrons. The van der Waals surface area contributed by atoms with E-state index in [4.69, 9.17) is 0 Å². The Morgan fingerprint density at radius 1 is 1.20 bits per heavy atom. The molecule has 0 spiro atoms. The van der Waals surface area contributed by atoms with Crippen molar-refractivity contribution in [3.05, 3.63) is 29.8 Å². The molecule has 0 saturated carbocycles. The van der Waals surface area contributed by atoms with E-state index < -0.39 is 19.9 Å². The number of carbonyl (C=O) groups excluding carboxylic acids is 1. The average Bonchev–Trinajstić information content (AvgIpc) is 3.05. The minimum Gasteiger partial charge on any atom is -0.334 e. The lowest BCUT2D eigenvalue weighted by Crippen LogP contribution is -2.47. The van der Waals surface area contributed by atoms with Crippen molar-refractivity contribution in [1.29, 1.82) is 0 Å². The van der Waals surface area contributed by atoms with Crippen molar-refractivity contribution in [3.63, 3.8) is 0 Å². The lowest BCUT2D eigenvalue weighted by Gasteiger charge is -2.32. The Balaban J connectivity index is 1.86. The molecule has 0 aromatic heterocycles. The molecule has 0 radical (unpaired) electrons. The molecule has 0 bridgehead atoms. The Morgan fingerprint density at radius 3 is 2.43 bits per heavy atom. The average molecular weight is 458 g/mol. The topological polar surface area (TPSA) is 95.1 Å². The number of sulfonamides is 1. The quantitative estimate of drug-likeness (QED) is 0.630. The molecule has 10 heteroatoms. The summed E-state index contributed by atoms with van der Waals surface area (Å²) in [5.74, 6) is -0.113. The number of hydrogen-bond acceptors (Lipinski definition) is 6. The molecular formula is C20H31N3O5S2. The zero-order chi connectivity index (χ0) is 22.1. The van der Waals surface area contributed by atoms with Gasteiger partial charge in [-0.05, 0) is 37.6 Å². The SMILES string of the molecule is CC(C)CN(C(=O)c1cccc(S(=O)(=O)N2CCN(C)CC2)c1)[C@H]1CCS(=O)(=O)C1. The number of hydrogen-bond donors (Lipinski definition) is 0. The van der Waals surface area contributed by atoms with Gasteiger partial charge in [-0.1, -0.05) is 19.9 Å². The molecule has 1 aromatic rings. The first-order chi connectivity index (χ1) is 14.0. The summed E-state index contributed by atoms with van der Waals surface area (Å²) in [6, 6.07) is 5.74. The summed E-state index contributed by atoms with van der Waals surface area (Å²) in [4.78, 5) is 17.1. The van der Waals surface area contributed by atoms with Crippen LogP contribution in [0.25, 0.3) is 0 Å². The van der Waals surface area contributed by atoms with Crippen molar-refractivity contribution in [2.24, 2.45) is 5.92 Å². The summed E-state index contributed by atoms with van der Waals surface area (Å²) in [5.41, 5.74) is 0.273. The molecule has 1 atom stereocenters. The number of piperazine rings is 1. The molecule has 1 amide bonds. The van der Waals surface area contributed by atoms with Crippen LogP contribution in [0.4, 0.5) is 0 Å². The minimum atomic E-state index is -3.69. The van der Waals surface area contributed by atoms with E-state index in [9.17, 15) is 21.6 Å². The highest BCUT2D eigenvalue weighted by Gasteiger charge is 2.36. The minimum absolute atomic E-state index is 0.0370. The van der Waals surface area contributed by atoms with Gasteiger partial charge in [0.25, 0.3) is 5.91 Å². The molecule has 0 aliphatic carbocycles. The van der Waals surface area contributed by atoms with Crippen LogP contribution in [0.5, 0.6) is 0 Å². The van der Waals surface area contributed by atoms with E-state index in [1.54, 1.807) is 17.0 Å². The van der Waals surface area contributed by atoms with Crippen LogP contribution in [0.1, 0.15) is 30.6 Å². The summed E-state index contributed by atoms with van der Waals surface area (Å²) >= 11 is 0. The third kappa shape index (κ3) is 5.22. The number of amides is 1. The number of sulfone groups is 1. The van der Waals surface area contributed by atoms with Crippen LogP contribution in [0.3, 0.4) is 0 Å². The fraction of sp³-hybridized carbons (Fsp3) is 0.650. The highest BCUT2D eigenvalue weighted by molar-refractivity contribution is 7.91. The van der Waals surface area contributed by atoms with Gasteiger partial charge in [-0.15, -0.1) is 0 Å². The number of rotatable bonds is 6. The second-order valence-corrected chi connectivity index (χ2v) is 12.8. The molecule has 2 aliphatic rings. The van der Waals surface area contributed by atoms with Gasteiger partial charge in [0.1, 0.15) is 0 Å². The van der Waals surface area contributed by atoms with E-state index >= 15 is 0 Å². The Bertz CT molecular complexity index is 983. The van der Waals surface area contributed by atoms with Crippen LogP contribution in [0.2, 0.25) is 0 Å². The summed E-state index contributed by atoms with van der Waals surface area (Å²) in [7, 11) is -4.88. The first kappa shape index (κ1) is 23.2. The van der Waals surface area contributed by atoms with Crippen LogP contribution in [0, 0.1) is 5.92 Å². The van der Waals surface area contributed by atoms with E-state index in [-0.39, 0.29) is 39.8 Å². The van der Waals surface area contributed by atoms with Gasteiger partial charge in [0.05, 0.1) is 16.4 Å². The fourth-order valence-corrected chi connectivity index (χ4v) is 7.14. The predicted octanol–water partition coefficient (Wildman–Crippen LogP) is 0.908. The molecule has 2 heterocycles. The monoisotopic (exact) mass is 457 g/mol. The Labute approximate surface area is 179 Å². The molecule has 1 aromatic carbocycles. The summed E-state index contributed by atoms with van der Waals surface area (Å²) in [5, 5.41) is 0. The highest BCUT2D eigenvalue weighted by atomic mass is 32.2. The van der Waals surface area contributed by atoms with Crippen molar-refractivity contribution in [2.75, 3.05) is 51.3 Å². The van der Waals surface area contributed by atoms with Gasteiger partial charge in [-0.3, -0.25) is 4.79 Å². The van der Waals surface area contributed by atoms with Gasteiger partial charge in [0.15, 0.2) is 9.84 Å². The van der Waals surface area contributed by atoms with Crippen LogP contribution in [0.15, 0.2) is 29.2 Å². The fourth-order valence-electron chi connectivity index (χ4n) is 3.95. The molecular weight excluding hydrogens is 426 g/mol. The lowest BCUT2D eigenvalue weighted by atomic mass is 10.1. The second kappa shape index (κ2) is 8.94. The highest BCUT2D eigenvalue weighted by Crippen LogP contribution is 2.24. The lowest BCUT2D eigenvalue weighted by molar-refractivity contribution is 0.0672. The van der Waals surface area contributed by atoms with Crippen LogP contribution in [-0.2, 0) is 19.9 Å². The van der Waals surface area contributed by atoms with Gasteiger partial charge < -0.3 is 9.80 Å². The zero-order valence-corrected chi connectivity index (χ0v) is 19.5. The van der Waals surface area contributed by atoms with Crippen LogP contribution < -0.4 is 0 Å². The molecule has 3 rings (SSSR count). The maximum Gasteiger partial charge on any atom is 0.254 e. The summed E-state index contributed by atoms with van der Waals surface area (Å²) in [6.07, 6.45) is 0.417. The van der Waals surface area contributed by atoms with E-state index in [1.165, 1.54) is 16.4 Å². The number of nitrogens with zero attached hydrogens (tertiary/aromatic N) is 3. The number of likely N-dealkylation sites (N-methyl/N-ethyl adjacent to an activating group) is 1. The molecule has 0 unspecified atom stereocenters. The van der Waals surface area contributed by atoms with Crippen molar-refractivity contribution in [1.82, 2.24) is 14.1 Å². The normalized spacial score (nSPS) is 23.0. The van der Waals surface area contributed by atoms with Gasteiger partial charge in [-0.25, -0.2) is 16.8 Å². The van der Waals surface area contributed by atoms with Crippen LogP contribution >= 0.6 is 0 Å². The number of benzene rings is 1. The van der Waals surface area contributed by atoms with E-state index in [1.807, 2.05) is 20.9 Å². The molecule has 2 aliphatic heterocycles. The second-order valence-electron chi connectivity index (χ2n) is 8.64.